The molecule has 2 rings (SSSR count). The van der Waals surface area contributed by atoms with Gasteiger partial charge in [0.15, 0.2) is 16.6 Å². The van der Waals surface area contributed by atoms with Crippen LogP contribution in [0, 0.1) is 11.8 Å². The number of anilines is 2. The largest absolute Gasteiger partial charge is 0.484 e. The standard InChI is InChI=1S/C15H27N3OS/c1-9(2)11-7-5-6-8-12(11)17-15-13(19-10(3)4)14(16)18-20-15/h9-12,17H,5-8H2,1-4H3,(H2,16,18). The van der Waals surface area contributed by atoms with Gasteiger partial charge in [-0.15, -0.1) is 0 Å². The zero-order chi connectivity index (χ0) is 14.7. The van der Waals surface area contributed by atoms with Crippen molar-refractivity contribution in [2.45, 2.75) is 65.5 Å². The van der Waals surface area contributed by atoms with Gasteiger partial charge >= 0.3 is 0 Å². The smallest absolute Gasteiger partial charge is 0.197 e. The Balaban J connectivity index is 2.12. The summed E-state index contributed by atoms with van der Waals surface area (Å²) in [5, 5.41) is 4.65. The molecule has 3 N–H and O–H groups in total. The highest BCUT2D eigenvalue weighted by Crippen LogP contribution is 2.39. The first kappa shape index (κ1) is 15.4. The molecule has 2 unspecified atom stereocenters. The summed E-state index contributed by atoms with van der Waals surface area (Å²) in [6.07, 6.45) is 5.30. The molecule has 20 heavy (non-hydrogen) atoms. The lowest BCUT2D eigenvalue weighted by Crippen LogP contribution is -2.35. The maximum absolute atomic E-state index is 5.92. The Hall–Kier alpha value is -0.970. The van der Waals surface area contributed by atoms with Crippen molar-refractivity contribution in [3.8, 4) is 5.75 Å². The van der Waals surface area contributed by atoms with Crippen LogP contribution in [0.3, 0.4) is 0 Å². The molecule has 5 heteroatoms. The van der Waals surface area contributed by atoms with Crippen molar-refractivity contribution in [3.63, 3.8) is 0 Å². The summed E-state index contributed by atoms with van der Waals surface area (Å²) in [7, 11) is 0. The van der Waals surface area contributed by atoms with Crippen LogP contribution in [0.15, 0.2) is 0 Å². The van der Waals surface area contributed by atoms with Crippen LogP contribution in [0.2, 0.25) is 0 Å². The van der Waals surface area contributed by atoms with E-state index < -0.39 is 0 Å². The summed E-state index contributed by atoms with van der Waals surface area (Å²) < 4.78 is 10.1. The Morgan fingerprint density at radius 3 is 2.60 bits per heavy atom. The van der Waals surface area contributed by atoms with Crippen molar-refractivity contribution in [1.29, 1.82) is 0 Å². The fourth-order valence-electron chi connectivity index (χ4n) is 3.04. The number of nitrogen functional groups attached to an aromatic ring is 1. The second-order valence-corrected chi connectivity index (χ2v) is 7.11. The van der Waals surface area contributed by atoms with E-state index in [9.17, 15) is 0 Å². The summed E-state index contributed by atoms with van der Waals surface area (Å²) in [5.41, 5.74) is 5.92. The van der Waals surface area contributed by atoms with Crippen molar-refractivity contribution >= 4 is 22.4 Å². The molecule has 0 aliphatic heterocycles. The van der Waals surface area contributed by atoms with E-state index >= 15 is 0 Å². The van der Waals surface area contributed by atoms with E-state index in [0.717, 1.165) is 16.7 Å². The third kappa shape index (κ3) is 3.57. The fourth-order valence-corrected chi connectivity index (χ4v) is 3.75. The Kier molecular flexibility index (Phi) is 5.13. The van der Waals surface area contributed by atoms with Gasteiger partial charge in [-0.25, -0.2) is 0 Å². The first-order chi connectivity index (χ1) is 9.49. The number of nitrogens with one attached hydrogen (secondary N) is 1. The van der Waals surface area contributed by atoms with Crippen molar-refractivity contribution in [2.75, 3.05) is 11.1 Å². The van der Waals surface area contributed by atoms with Crippen LogP contribution in [0.25, 0.3) is 0 Å². The molecule has 1 fully saturated rings. The van der Waals surface area contributed by atoms with Gasteiger partial charge in [0.1, 0.15) is 0 Å². The van der Waals surface area contributed by atoms with Gasteiger partial charge < -0.3 is 15.8 Å². The lowest BCUT2D eigenvalue weighted by Gasteiger charge is -2.35. The molecule has 1 aliphatic carbocycles. The SMILES string of the molecule is CC(C)Oc1c(N)nsc1NC1CCCCC1C(C)C. The van der Waals surface area contributed by atoms with E-state index in [-0.39, 0.29) is 6.10 Å². The first-order valence-corrected chi connectivity index (χ1v) is 8.44. The number of rotatable bonds is 5. The molecular formula is C15H27N3OS. The topological polar surface area (TPSA) is 60.2 Å². The van der Waals surface area contributed by atoms with E-state index in [0.29, 0.717) is 17.8 Å². The summed E-state index contributed by atoms with van der Waals surface area (Å²) in [6.45, 7) is 8.66. The van der Waals surface area contributed by atoms with Crippen LogP contribution in [0.5, 0.6) is 5.75 Å². The fraction of sp³-hybridized carbons (Fsp3) is 0.800. The molecule has 0 aromatic carbocycles. The van der Waals surface area contributed by atoms with E-state index in [1.165, 1.54) is 37.2 Å². The van der Waals surface area contributed by atoms with Crippen molar-refractivity contribution in [2.24, 2.45) is 11.8 Å². The van der Waals surface area contributed by atoms with Crippen molar-refractivity contribution in [3.05, 3.63) is 0 Å². The van der Waals surface area contributed by atoms with Gasteiger partial charge in [-0.1, -0.05) is 26.7 Å². The van der Waals surface area contributed by atoms with Gasteiger partial charge in [-0.05, 0) is 50.1 Å². The minimum Gasteiger partial charge on any atom is -0.484 e. The number of ether oxygens (including phenoxy) is 1. The van der Waals surface area contributed by atoms with Crippen LogP contribution >= 0.6 is 11.5 Å². The van der Waals surface area contributed by atoms with E-state index in [2.05, 4.69) is 23.5 Å². The quantitative estimate of drug-likeness (QED) is 0.857. The second-order valence-electron chi connectivity index (χ2n) is 6.34. The third-order valence-electron chi connectivity index (χ3n) is 4.02. The molecule has 1 saturated carbocycles. The monoisotopic (exact) mass is 297 g/mol. The molecule has 0 spiro atoms. The summed E-state index contributed by atoms with van der Waals surface area (Å²) >= 11 is 1.41. The van der Waals surface area contributed by atoms with Gasteiger partial charge in [0.05, 0.1) is 6.10 Å². The predicted molar refractivity (Wildman–Crippen MR) is 86.5 cm³/mol. The van der Waals surface area contributed by atoms with E-state index in [1.807, 2.05) is 13.8 Å². The van der Waals surface area contributed by atoms with Gasteiger partial charge in [-0.2, -0.15) is 4.37 Å². The van der Waals surface area contributed by atoms with Gasteiger partial charge in [-0.3, -0.25) is 0 Å². The molecule has 0 amide bonds. The molecule has 1 aliphatic rings. The van der Waals surface area contributed by atoms with E-state index in [1.54, 1.807) is 0 Å². The molecule has 1 aromatic heterocycles. The minimum absolute atomic E-state index is 0.113. The minimum atomic E-state index is 0.113. The highest BCUT2D eigenvalue weighted by Gasteiger charge is 2.29. The third-order valence-corrected chi connectivity index (χ3v) is 4.79. The summed E-state index contributed by atoms with van der Waals surface area (Å²) in [4.78, 5) is 0. The molecule has 0 bridgehead atoms. The highest BCUT2D eigenvalue weighted by atomic mass is 32.1. The number of nitrogens with two attached hydrogens (primary N) is 1. The molecule has 114 valence electrons. The maximum atomic E-state index is 5.92. The maximum Gasteiger partial charge on any atom is 0.197 e. The average Bonchev–Trinajstić information content (AvgIpc) is 2.71. The molecule has 1 heterocycles. The van der Waals surface area contributed by atoms with Crippen molar-refractivity contribution < 1.29 is 4.74 Å². The Morgan fingerprint density at radius 1 is 1.25 bits per heavy atom. The van der Waals surface area contributed by atoms with Gasteiger partial charge in [0.25, 0.3) is 0 Å². The Morgan fingerprint density at radius 2 is 1.95 bits per heavy atom. The van der Waals surface area contributed by atoms with E-state index in [4.69, 9.17) is 10.5 Å². The predicted octanol–water partition coefficient (Wildman–Crippen LogP) is 4.14. The molecule has 0 saturated heterocycles. The Bertz CT molecular complexity index is 431. The number of hydrogen-bond donors (Lipinski definition) is 2. The Labute approximate surface area is 126 Å². The second kappa shape index (κ2) is 6.66. The summed E-state index contributed by atoms with van der Waals surface area (Å²) in [5.74, 6) is 2.66. The van der Waals surface area contributed by atoms with Crippen molar-refractivity contribution in [1.82, 2.24) is 4.37 Å². The van der Waals surface area contributed by atoms with Crippen LogP contribution in [-0.2, 0) is 0 Å². The van der Waals surface area contributed by atoms with Gasteiger partial charge in [0.2, 0.25) is 0 Å². The lowest BCUT2D eigenvalue weighted by molar-refractivity contribution is 0.240. The zero-order valence-corrected chi connectivity index (χ0v) is 13.8. The van der Waals surface area contributed by atoms with Crippen LogP contribution < -0.4 is 15.8 Å². The normalized spacial score (nSPS) is 23.3. The zero-order valence-electron chi connectivity index (χ0n) is 13.0. The molecule has 0 radical (unpaired) electrons. The van der Waals surface area contributed by atoms with Gasteiger partial charge in [0, 0.05) is 6.04 Å². The number of aromatic nitrogens is 1. The molecule has 4 nitrogen and oxygen atoms in total. The lowest BCUT2D eigenvalue weighted by atomic mass is 9.78. The number of hydrogen-bond acceptors (Lipinski definition) is 5. The molecule has 2 atom stereocenters. The first-order valence-electron chi connectivity index (χ1n) is 7.67. The average molecular weight is 297 g/mol. The van der Waals surface area contributed by atoms with Crippen LogP contribution in [0.4, 0.5) is 10.8 Å². The number of nitrogens with zero attached hydrogens (tertiary/aromatic N) is 1. The highest BCUT2D eigenvalue weighted by molar-refractivity contribution is 7.11. The molecular weight excluding hydrogens is 270 g/mol. The van der Waals surface area contributed by atoms with Crippen LogP contribution in [-0.4, -0.2) is 16.5 Å². The summed E-state index contributed by atoms with van der Waals surface area (Å²) in [6, 6.07) is 0.512. The molecule has 1 aromatic rings. The van der Waals surface area contributed by atoms with Crippen LogP contribution in [0.1, 0.15) is 53.4 Å².